The molecule has 2 heterocycles. The number of carbonyl (C=O) groups excluding carboxylic acids is 1. The van der Waals surface area contributed by atoms with Crippen molar-refractivity contribution >= 4 is 5.91 Å². The standard InChI is InChI=1S/C79H145NO13/c1-3-5-7-9-11-13-15-17-19-21-23-25-26-27-28-29-30-31-32-33-34-35-36-37-38-39-40-41-42-43-45-47-49-51-53-55-57-59-61-63-71(84)80-67(68(83)62-60-58-56-54-52-50-48-46-44-24-22-20-18-16-14-12-10-8-6-4-2)66-90-78-76(89)74(87)77(70(65-82)92-78)93-79-75(88)73(86)72(85)69(64-81)91-79/h15,17,21,23,44,46,52,54,60,62,67-70,72-79,81-83,85-89H,3-14,16,18-20,22,24-43,45,47-51,53,55-59,61,63-66H2,1-2H3,(H,80,84)/b17-15-,23-21-,46-44+,54-52+,62-60+. The SMILES string of the molecule is CCCCCCC/C=C\C/C=C\CCCCCCCCCCCCCCCCCCCCCCCCCCCCCC(=O)NC(COC1OC(CO)C(OC2OC(CO)C(O)C(O)C2O)C(O)C1O)C(O)/C=C/CC/C=C/CC/C=C/CCCCCCCCCCCC. The van der Waals surface area contributed by atoms with Crippen molar-refractivity contribution in [3.8, 4) is 0 Å². The molecule has 0 radical (unpaired) electrons. The summed E-state index contributed by atoms with van der Waals surface area (Å²) in [6, 6.07) is -0.939. The molecule has 1 amide bonds. The molecule has 0 saturated carbocycles. The third kappa shape index (κ3) is 46.6. The lowest BCUT2D eigenvalue weighted by atomic mass is 9.97. The predicted molar refractivity (Wildman–Crippen MR) is 383 cm³/mol. The zero-order valence-corrected chi connectivity index (χ0v) is 59.5. The van der Waals surface area contributed by atoms with Crippen molar-refractivity contribution in [2.75, 3.05) is 19.8 Å². The van der Waals surface area contributed by atoms with Crippen molar-refractivity contribution < 1.29 is 64.6 Å². The number of aliphatic hydroxyl groups excluding tert-OH is 8. The maximum Gasteiger partial charge on any atom is 0.220 e. The summed E-state index contributed by atoms with van der Waals surface area (Å²) in [6.45, 7) is 2.80. The third-order valence-corrected chi connectivity index (χ3v) is 18.9. The maximum atomic E-state index is 13.3. The minimum absolute atomic E-state index is 0.248. The molecule has 0 aliphatic carbocycles. The van der Waals surface area contributed by atoms with E-state index in [1.807, 2.05) is 6.08 Å². The molecule has 93 heavy (non-hydrogen) atoms. The van der Waals surface area contributed by atoms with Crippen LogP contribution in [0.5, 0.6) is 0 Å². The number of hydrogen-bond donors (Lipinski definition) is 9. The summed E-state index contributed by atoms with van der Waals surface area (Å²) in [4.78, 5) is 13.3. The lowest BCUT2D eigenvalue weighted by Crippen LogP contribution is -2.65. The summed E-state index contributed by atoms with van der Waals surface area (Å²) in [7, 11) is 0. The van der Waals surface area contributed by atoms with Gasteiger partial charge >= 0.3 is 0 Å². The van der Waals surface area contributed by atoms with Crippen LogP contribution in [0.1, 0.15) is 341 Å². The Bertz CT molecular complexity index is 1790. The summed E-state index contributed by atoms with van der Waals surface area (Å²) in [5.41, 5.74) is 0. The van der Waals surface area contributed by atoms with Crippen molar-refractivity contribution in [3.63, 3.8) is 0 Å². The van der Waals surface area contributed by atoms with Crippen LogP contribution in [-0.2, 0) is 23.7 Å². The van der Waals surface area contributed by atoms with Gasteiger partial charge in [-0.2, -0.15) is 0 Å². The average molecular weight is 1320 g/mol. The van der Waals surface area contributed by atoms with E-state index < -0.39 is 86.8 Å². The van der Waals surface area contributed by atoms with E-state index in [-0.39, 0.29) is 18.9 Å². The van der Waals surface area contributed by atoms with Gasteiger partial charge in [-0.15, -0.1) is 0 Å². The Kier molecular flexibility index (Phi) is 58.9. The van der Waals surface area contributed by atoms with Gasteiger partial charge in [-0.05, 0) is 77.0 Å². The number of amides is 1. The molecular formula is C79H145NO13. The van der Waals surface area contributed by atoms with Gasteiger partial charge in [0.25, 0.3) is 0 Å². The molecule has 0 aromatic carbocycles. The molecule has 14 nitrogen and oxygen atoms in total. The van der Waals surface area contributed by atoms with Crippen molar-refractivity contribution in [3.05, 3.63) is 60.8 Å². The second kappa shape index (κ2) is 63.2. The van der Waals surface area contributed by atoms with Crippen LogP contribution in [0, 0.1) is 0 Å². The van der Waals surface area contributed by atoms with Gasteiger partial charge in [-0.3, -0.25) is 4.79 Å². The van der Waals surface area contributed by atoms with E-state index in [1.54, 1.807) is 6.08 Å². The Balaban J connectivity index is 1.58. The van der Waals surface area contributed by atoms with Crippen molar-refractivity contribution in [2.45, 2.75) is 415 Å². The first-order valence-electron chi connectivity index (χ1n) is 39.0. The topological polar surface area (TPSA) is 228 Å². The van der Waals surface area contributed by atoms with Gasteiger partial charge in [0.2, 0.25) is 5.91 Å². The molecule has 2 aliphatic rings. The quantitative estimate of drug-likeness (QED) is 0.0204. The molecule has 2 saturated heterocycles. The summed E-state index contributed by atoms with van der Waals surface area (Å²) in [5, 5.41) is 87.5. The van der Waals surface area contributed by atoms with E-state index >= 15 is 0 Å². The van der Waals surface area contributed by atoms with E-state index in [0.717, 1.165) is 51.4 Å². The van der Waals surface area contributed by atoms with Gasteiger partial charge in [0.05, 0.1) is 32.0 Å². The van der Waals surface area contributed by atoms with Crippen molar-refractivity contribution in [1.82, 2.24) is 5.32 Å². The normalized spacial score (nSPS) is 22.9. The van der Waals surface area contributed by atoms with E-state index in [1.165, 1.54) is 257 Å². The highest BCUT2D eigenvalue weighted by molar-refractivity contribution is 5.76. The number of allylic oxidation sites excluding steroid dienone is 9. The Morgan fingerprint density at radius 3 is 1.12 bits per heavy atom. The number of nitrogens with one attached hydrogen (secondary N) is 1. The van der Waals surface area contributed by atoms with Crippen LogP contribution in [0.15, 0.2) is 60.8 Å². The zero-order chi connectivity index (χ0) is 67.3. The minimum Gasteiger partial charge on any atom is -0.394 e. The molecule has 0 spiro atoms. The number of carbonyl (C=O) groups is 1. The van der Waals surface area contributed by atoms with Gasteiger partial charge in [0, 0.05) is 6.42 Å². The summed E-state index contributed by atoms with van der Waals surface area (Å²) >= 11 is 0. The van der Waals surface area contributed by atoms with Crippen LogP contribution >= 0.6 is 0 Å². The Morgan fingerprint density at radius 1 is 0.387 bits per heavy atom. The molecule has 9 N–H and O–H groups in total. The Labute approximate surface area is 568 Å². The van der Waals surface area contributed by atoms with E-state index in [0.29, 0.717) is 12.8 Å². The number of ether oxygens (including phenoxy) is 4. The fraction of sp³-hybridized carbons (Fsp3) is 0.861. The smallest absolute Gasteiger partial charge is 0.220 e. The molecule has 14 heteroatoms. The average Bonchev–Trinajstić information content (AvgIpc) is 0.854. The number of unbranched alkanes of at least 4 members (excludes halogenated alkanes) is 44. The van der Waals surface area contributed by atoms with Crippen LogP contribution in [0.4, 0.5) is 0 Å². The summed E-state index contributed by atoms with van der Waals surface area (Å²) in [5.74, 6) is -0.248. The maximum absolute atomic E-state index is 13.3. The first-order valence-corrected chi connectivity index (χ1v) is 39.0. The van der Waals surface area contributed by atoms with Crippen LogP contribution in [0.25, 0.3) is 0 Å². The molecule has 2 fully saturated rings. The molecular weight excluding hydrogens is 1170 g/mol. The highest BCUT2D eigenvalue weighted by Gasteiger charge is 2.51. The van der Waals surface area contributed by atoms with Crippen LogP contribution < -0.4 is 5.32 Å². The molecule has 2 aliphatic heterocycles. The lowest BCUT2D eigenvalue weighted by Gasteiger charge is -2.46. The summed E-state index contributed by atoms with van der Waals surface area (Å²) in [6.07, 6.45) is 68.9. The van der Waals surface area contributed by atoms with Crippen molar-refractivity contribution in [1.29, 1.82) is 0 Å². The number of hydrogen-bond acceptors (Lipinski definition) is 13. The van der Waals surface area contributed by atoms with Crippen LogP contribution in [0.2, 0.25) is 0 Å². The molecule has 12 unspecified atom stereocenters. The first-order chi connectivity index (χ1) is 45.6. The van der Waals surface area contributed by atoms with Gasteiger partial charge in [-0.25, -0.2) is 0 Å². The minimum atomic E-state index is -1.79. The first kappa shape index (κ1) is 86.8. The molecule has 2 rings (SSSR count). The largest absolute Gasteiger partial charge is 0.394 e. The predicted octanol–water partition coefficient (Wildman–Crippen LogP) is 17.2. The highest BCUT2D eigenvalue weighted by Crippen LogP contribution is 2.30. The van der Waals surface area contributed by atoms with Gasteiger partial charge in [0.15, 0.2) is 12.6 Å². The van der Waals surface area contributed by atoms with E-state index in [2.05, 4.69) is 67.8 Å². The van der Waals surface area contributed by atoms with E-state index in [4.69, 9.17) is 18.9 Å². The molecule has 544 valence electrons. The fourth-order valence-electron chi connectivity index (χ4n) is 12.7. The Morgan fingerprint density at radius 2 is 0.720 bits per heavy atom. The molecule has 0 aromatic rings. The lowest BCUT2D eigenvalue weighted by molar-refractivity contribution is -0.359. The van der Waals surface area contributed by atoms with Gasteiger partial charge in [0.1, 0.15) is 48.8 Å². The number of aliphatic hydroxyl groups is 8. The monoisotopic (exact) mass is 1320 g/mol. The molecule has 0 bridgehead atoms. The van der Waals surface area contributed by atoms with Crippen LogP contribution in [0.3, 0.4) is 0 Å². The number of rotatable bonds is 65. The summed E-state index contributed by atoms with van der Waals surface area (Å²) < 4.78 is 22.9. The Hall–Kier alpha value is -2.31. The van der Waals surface area contributed by atoms with Crippen LogP contribution in [-0.4, -0.2) is 140 Å². The third-order valence-electron chi connectivity index (χ3n) is 18.9. The van der Waals surface area contributed by atoms with Crippen molar-refractivity contribution in [2.24, 2.45) is 0 Å². The second-order valence-electron chi connectivity index (χ2n) is 27.5. The molecule has 0 aromatic heterocycles. The second-order valence-corrected chi connectivity index (χ2v) is 27.5. The molecule has 12 atom stereocenters. The van der Waals surface area contributed by atoms with Gasteiger partial charge < -0.3 is 65.1 Å². The van der Waals surface area contributed by atoms with E-state index in [9.17, 15) is 45.6 Å². The van der Waals surface area contributed by atoms with Gasteiger partial charge in [-0.1, -0.05) is 319 Å². The highest BCUT2D eigenvalue weighted by atomic mass is 16.7. The zero-order valence-electron chi connectivity index (χ0n) is 59.5. The fourth-order valence-corrected chi connectivity index (χ4v) is 12.7.